The Bertz CT molecular complexity index is 480. The molecule has 1 aromatic heterocycles. The molecule has 1 aromatic carbocycles. The fourth-order valence-corrected chi connectivity index (χ4v) is 1.73. The second-order valence-corrected chi connectivity index (χ2v) is 3.93. The standard InChI is InChI=1S/C13H16N2O2/c1-15(5-6-16)11-2-3-13(14)12(8-11)10-4-7-17-9-10/h2-4,7-9,16H,5-6,14H2,1H3. The molecule has 2 rings (SSSR count). The Morgan fingerprint density at radius 1 is 1.35 bits per heavy atom. The number of anilines is 2. The number of hydrogen-bond donors (Lipinski definition) is 2. The summed E-state index contributed by atoms with van der Waals surface area (Å²) in [5, 5.41) is 8.92. The SMILES string of the molecule is CN(CCO)c1ccc(N)c(-c2ccoc2)c1. The topological polar surface area (TPSA) is 62.6 Å². The van der Waals surface area contributed by atoms with E-state index in [2.05, 4.69) is 0 Å². The second kappa shape index (κ2) is 4.93. The smallest absolute Gasteiger partial charge is 0.0981 e. The van der Waals surface area contributed by atoms with Gasteiger partial charge in [0.05, 0.1) is 19.1 Å². The average Bonchev–Trinajstić information content (AvgIpc) is 2.83. The van der Waals surface area contributed by atoms with Gasteiger partial charge in [-0.1, -0.05) is 0 Å². The highest BCUT2D eigenvalue weighted by atomic mass is 16.3. The van der Waals surface area contributed by atoms with Crippen molar-refractivity contribution in [3.05, 3.63) is 36.8 Å². The zero-order valence-corrected chi connectivity index (χ0v) is 9.76. The van der Waals surface area contributed by atoms with Crippen LogP contribution in [0.1, 0.15) is 0 Å². The normalized spacial score (nSPS) is 10.5. The van der Waals surface area contributed by atoms with Crippen LogP contribution in [0, 0.1) is 0 Å². The number of rotatable bonds is 4. The van der Waals surface area contributed by atoms with Crippen LogP contribution in [0.4, 0.5) is 11.4 Å². The number of furan rings is 1. The predicted octanol–water partition coefficient (Wildman–Crippen LogP) is 1.96. The van der Waals surface area contributed by atoms with Crippen LogP contribution in [0.2, 0.25) is 0 Å². The van der Waals surface area contributed by atoms with Crippen molar-refractivity contribution in [3.63, 3.8) is 0 Å². The molecule has 0 aliphatic heterocycles. The van der Waals surface area contributed by atoms with Crippen molar-refractivity contribution in [2.45, 2.75) is 0 Å². The first kappa shape index (κ1) is 11.5. The van der Waals surface area contributed by atoms with E-state index in [0.29, 0.717) is 12.2 Å². The minimum atomic E-state index is 0.127. The third-order valence-electron chi connectivity index (χ3n) is 2.75. The molecule has 0 radical (unpaired) electrons. The molecular weight excluding hydrogens is 216 g/mol. The first-order valence-electron chi connectivity index (χ1n) is 5.46. The molecule has 3 N–H and O–H groups in total. The van der Waals surface area contributed by atoms with Gasteiger partial charge in [-0.25, -0.2) is 0 Å². The zero-order valence-electron chi connectivity index (χ0n) is 9.76. The lowest BCUT2D eigenvalue weighted by molar-refractivity contribution is 0.304. The van der Waals surface area contributed by atoms with Crippen LogP contribution in [-0.2, 0) is 0 Å². The Balaban J connectivity index is 2.36. The van der Waals surface area contributed by atoms with Crippen molar-refractivity contribution in [3.8, 4) is 11.1 Å². The summed E-state index contributed by atoms with van der Waals surface area (Å²) in [7, 11) is 1.93. The molecule has 4 nitrogen and oxygen atoms in total. The molecule has 0 aliphatic carbocycles. The zero-order chi connectivity index (χ0) is 12.3. The fraction of sp³-hybridized carbons (Fsp3) is 0.231. The summed E-state index contributed by atoms with van der Waals surface area (Å²) in [4.78, 5) is 1.98. The summed E-state index contributed by atoms with van der Waals surface area (Å²) >= 11 is 0. The minimum absolute atomic E-state index is 0.127. The van der Waals surface area contributed by atoms with E-state index in [1.807, 2.05) is 36.2 Å². The molecule has 0 bridgehead atoms. The number of likely N-dealkylation sites (N-methyl/N-ethyl adjacent to an activating group) is 1. The molecule has 0 unspecified atom stereocenters. The highest BCUT2D eigenvalue weighted by Crippen LogP contribution is 2.30. The summed E-state index contributed by atoms with van der Waals surface area (Å²) in [6.07, 6.45) is 3.29. The van der Waals surface area contributed by atoms with Gasteiger partial charge in [0.25, 0.3) is 0 Å². The number of nitrogens with zero attached hydrogens (tertiary/aromatic N) is 1. The third-order valence-corrected chi connectivity index (χ3v) is 2.75. The maximum absolute atomic E-state index is 8.92. The molecule has 0 spiro atoms. The number of aliphatic hydroxyl groups is 1. The maximum atomic E-state index is 8.92. The minimum Gasteiger partial charge on any atom is -0.472 e. The average molecular weight is 232 g/mol. The van der Waals surface area contributed by atoms with Crippen molar-refractivity contribution >= 4 is 11.4 Å². The van der Waals surface area contributed by atoms with Gasteiger partial charge < -0.3 is 20.2 Å². The van der Waals surface area contributed by atoms with Gasteiger partial charge in [0.15, 0.2) is 0 Å². The van der Waals surface area contributed by atoms with E-state index < -0.39 is 0 Å². The van der Waals surface area contributed by atoms with Crippen LogP contribution in [0.15, 0.2) is 41.2 Å². The van der Waals surface area contributed by atoms with Crippen LogP contribution in [0.3, 0.4) is 0 Å². The van der Waals surface area contributed by atoms with Gasteiger partial charge in [0.1, 0.15) is 0 Å². The van der Waals surface area contributed by atoms with E-state index in [1.54, 1.807) is 12.5 Å². The quantitative estimate of drug-likeness (QED) is 0.791. The molecule has 2 aromatic rings. The molecule has 0 atom stereocenters. The number of nitrogen functional groups attached to an aromatic ring is 1. The number of hydrogen-bond acceptors (Lipinski definition) is 4. The second-order valence-electron chi connectivity index (χ2n) is 3.93. The van der Waals surface area contributed by atoms with E-state index >= 15 is 0 Å². The lowest BCUT2D eigenvalue weighted by Crippen LogP contribution is -2.21. The maximum Gasteiger partial charge on any atom is 0.0981 e. The number of aliphatic hydroxyl groups excluding tert-OH is 1. The van der Waals surface area contributed by atoms with Gasteiger partial charge in [-0.2, -0.15) is 0 Å². The van der Waals surface area contributed by atoms with E-state index in [9.17, 15) is 0 Å². The van der Waals surface area contributed by atoms with Gasteiger partial charge in [-0.15, -0.1) is 0 Å². The largest absolute Gasteiger partial charge is 0.472 e. The van der Waals surface area contributed by atoms with Crippen molar-refractivity contribution < 1.29 is 9.52 Å². The Labute approximate surface area is 100 Å². The number of benzene rings is 1. The highest BCUT2D eigenvalue weighted by Gasteiger charge is 2.07. The Morgan fingerprint density at radius 2 is 2.18 bits per heavy atom. The summed E-state index contributed by atoms with van der Waals surface area (Å²) in [6, 6.07) is 7.68. The first-order chi connectivity index (χ1) is 8.22. The molecule has 0 aliphatic rings. The van der Waals surface area contributed by atoms with Crippen molar-refractivity contribution in [2.75, 3.05) is 30.8 Å². The predicted molar refractivity (Wildman–Crippen MR) is 68.9 cm³/mol. The summed E-state index contributed by atoms with van der Waals surface area (Å²) in [5.74, 6) is 0. The van der Waals surface area contributed by atoms with E-state index in [-0.39, 0.29) is 6.61 Å². The van der Waals surface area contributed by atoms with E-state index in [1.165, 1.54) is 0 Å². The Kier molecular flexibility index (Phi) is 3.35. The Hall–Kier alpha value is -1.94. The van der Waals surface area contributed by atoms with Crippen LogP contribution in [-0.4, -0.2) is 25.3 Å². The van der Waals surface area contributed by atoms with Gasteiger partial charge >= 0.3 is 0 Å². The van der Waals surface area contributed by atoms with Gasteiger partial charge in [0, 0.05) is 36.1 Å². The van der Waals surface area contributed by atoms with Crippen molar-refractivity contribution in [1.29, 1.82) is 0 Å². The lowest BCUT2D eigenvalue weighted by Gasteiger charge is -2.19. The lowest BCUT2D eigenvalue weighted by atomic mass is 10.1. The molecule has 1 heterocycles. The third kappa shape index (κ3) is 2.42. The van der Waals surface area contributed by atoms with Crippen LogP contribution in [0.5, 0.6) is 0 Å². The van der Waals surface area contributed by atoms with Crippen molar-refractivity contribution in [1.82, 2.24) is 0 Å². The molecular formula is C13H16N2O2. The van der Waals surface area contributed by atoms with Crippen LogP contribution < -0.4 is 10.6 Å². The summed E-state index contributed by atoms with van der Waals surface area (Å²) < 4.78 is 5.06. The molecule has 0 saturated carbocycles. The molecule has 4 heteroatoms. The molecule has 0 amide bonds. The number of nitrogens with two attached hydrogens (primary N) is 1. The fourth-order valence-electron chi connectivity index (χ4n) is 1.73. The van der Waals surface area contributed by atoms with Crippen LogP contribution in [0.25, 0.3) is 11.1 Å². The van der Waals surface area contributed by atoms with Crippen LogP contribution >= 0.6 is 0 Å². The summed E-state index contributed by atoms with van der Waals surface area (Å²) in [5.41, 5.74) is 9.58. The van der Waals surface area contributed by atoms with Gasteiger partial charge in [-0.05, 0) is 24.3 Å². The molecule has 17 heavy (non-hydrogen) atoms. The Morgan fingerprint density at radius 3 is 2.82 bits per heavy atom. The first-order valence-corrected chi connectivity index (χ1v) is 5.46. The molecule has 0 fully saturated rings. The van der Waals surface area contributed by atoms with Gasteiger partial charge in [-0.3, -0.25) is 0 Å². The summed E-state index contributed by atoms with van der Waals surface area (Å²) in [6.45, 7) is 0.719. The van der Waals surface area contributed by atoms with Crippen molar-refractivity contribution in [2.24, 2.45) is 0 Å². The van der Waals surface area contributed by atoms with E-state index in [0.717, 1.165) is 16.8 Å². The molecule has 0 saturated heterocycles. The van der Waals surface area contributed by atoms with Gasteiger partial charge in [0.2, 0.25) is 0 Å². The monoisotopic (exact) mass is 232 g/mol. The van der Waals surface area contributed by atoms with E-state index in [4.69, 9.17) is 15.3 Å². The molecule has 90 valence electrons. The highest BCUT2D eigenvalue weighted by molar-refractivity contribution is 5.79.